The molecule has 108 valence electrons. The average molecular weight is 277 g/mol. The highest BCUT2D eigenvalue weighted by atomic mass is 19.4. The van der Waals surface area contributed by atoms with Crippen LogP contribution >= 0.6 is 0 Å². The van der Waals surface area contributed by atoms with Gasteiger partial charge in [-0.2, -0.15) is 13.2 Å². The maximum atomic E-state index is 12.4. The average Bonchev–Trinajstić information content (AvgIpc) is 2.36. The first-order valence-corrected chi connectivity index (χ1v) is 6.08. The molecular formula is C13H18F3NO2. The second-order valence-electron chi connectivity index (χ2n) is 4.28. The van der Waals surface area contributed by atoms with Crippen LogP contribution in [0, 0.1) is 0 Å². The lowest BCUT2D eigenvalue weighted by Crippen LogP contribution is -2.36. The van der Waals surface area contributed by atoms with Crippen molar-refractivity contribution in [3.8, 4) is 0 Å². The summed E-state index contributed by atoms with van der Waals surface area (Å²) in [5.41, 5.74) is 1.04. The highest BCUT2D eigenvalue weighted by molar-refractivity contribution is 5.48. The zero-order chi connectivity index (χ0) is 14.5. The summed E-state index contributed by atoms with van der Waals surface area (Å²) in [6, 6.07) is 6.25. The van der Waals surface area contributed by atoms with Crippen LogP contribution in [0.1, 0.15) is 25.0 Å². The summed E-state index contributed by atoms with van der Waals surface area (Å²) in [6.07, 6.45) is -4.39. The third kappa shape index (κ3) is 5.08. The molecule has 0 aliphatic carbocycles. The van der Waals surface area contributed by atoms with Gasteiger partial charge in [0.15, 0.2) is 0 Å². The molecule has 1 rings (SSSR count). The Hall–Kier alpha value is -1.27. The molecule has 0 spiro atoms. The van der Waals surface area contributed by atoms with E-state index in [2.05, 4.69) is 0 Å². The predicted octanol–water partition coefficient (Wildman–Crippen LogP) is 2.49. The lowest BCUT2D eigenvalue weighted by Gasteiger charge is -2.25. The molecule has 0 fully saturated rings. The maximum Gasteiger partial charge on any atom is 0.405 e. The van der Waals surface area contributed by atoms with Gasteiger partial charge in [0.25, 0.3) is 0 Å². The number of benzene rings is 1. The van der Waals surface area contributed by atoms with Gasteiger partial charge in [-0.3, -0.25) is 0 Å². The van der Waals surface area contributed by atoms with Crippen LogP contribution in [0.5, 0.6) is 0 Å². The molecule has 1 aromatic carbocycles. The van der Waals surface area contributed by atoms with Crippen molar-refractivity contribution in [3.63, 3.8) is 0 Å². The standard InChI is InChI=1S/C13H18F3NO2/c1-2-12(19)10-3-5-11(6-4-10)17(7-8-18)9-13(14,15)16/h3-6,12,18-19H,2,7-9H2,1H3. The van der Waals surface area contributed by atoms with Crippen LogP contribution in [0.25, 0.3) is 0 Å². The Morgan fingerprint density at radius 2 is 1.79 bits per heavy atom. The number of anilines is 1. The lowest BCUT2D eigenvalue weighted by molar-refractivity contribution is -0.119. The molecule has 0 amide bonds. The topological polar surface area (TPSA) is 43.7 Å². The number of halogens is 3. The molecule has 6 heteroatoms. The summed E-state index contributed by atoms with van der Waals surface area (Å²) >= 11 is 0. The minimum absolute atomic E-state index is 0.0881. The van der Waals surface area contributed by atoms with Crippen LogP contribution in [0.2, 0.25) is 0 Å². The molecule has 0 aromatic heterocycles. The second-order valence-corrected chi connectivity index (χ2v) is 4.28. The van der Waals surface area contributed by atoms with E-state index in [1.165, 1.54) is 12.1 Å². The third-order valence-electron chi connectivity index (χ3n) is 2.77. The molecule has 0 radical (unpaired) electrons. The molecule has 0 heterocycles. The van der Waals surface area contributed by atoms with Gasteiger partial charge in [0.05, 0.1) is 12.7 Å². The largest absolute Gasteiger partial charge is 0.405 e. The van der Waals surface area contributed by atoms with E-state index in [0.717, 1.165) is 4.90 Å². The van der Waals surface area contributed by atoms with Crippen LogP contribution in [-0.2, 0) is 0 Å². The predicted molar refractivity (Wildman–Crippen MR) is 67.0 cm³/mol. The Kier molecular flexibility index (Phi) is 5.62. The maximum absolute atomic E-state index is 12.4. The first-order valence-electron chi connectivity index (χ1n) is 6.08. The molecule has 3 nitrogen and oxygen atoms in total. The minimum Gasteiger partial charge on any atom is -0.395 e. The highest BCUT2D eigenvalue weighted by Gasteiger charge is 2.30. The van der Waals surface area contributed by atoms with E-state index in [1.807, 2.05) is 6.92 Å². The molecular weight excluding hydrogens is 259 g/mol. The molecule has 0 saturated carbocycles. The number of hydrogen-bond donors (Lipinski definition) is 2. The molecule has 0 bridgehead atoms. The van der Waals surface area contributed by atoms with Crippen LogP contribution in [0.15, 0.2) is 24.3 Å². The van der Waals surface area contributed by atoms with E-state index >= 15 is 0 Å². The van der Waals surface area contributed by atoms with Gasteiger partial charge < -0.3 is 15.1 Å². The fourth-order valence-electron chi connectivity index (χ4n) is 1.78. The number of hydrogen-bond acceptors (Lipinski definition) is 3. The van der Waals surface area contributed by atoms with Crippen LogP contribution in [0.4, 0.5) is 18.9 Å². The summed E-state index contributed by atoms with van der Waals surface area (Å²) in [4.78, 5) is 1.06. The Balaban J connectivity index is 2.85. The van der Waals surface area contributed by atoms with Crippen LogP contribution in [-0.4, -0.2) is 36.1 Å². The van der Waals surface area contributed by atoms with Crippen molar-refractivity contribution in [2.75, 3.05) is 24.6 Å². The first kappa shape index (κ1) is 15.8. The van der Waals surface area contributed by atoms with Crippen molar-refractivity contribution in [1.29, 1.82) is 0 Å². The van der Waals surface area contributed by atoms with Gasteiger partial charge in [0, 0.05) is 12.2 Å². The number of aliphatic hydroxyl groups excluding tert-OH is 2. The van der Waals surface area contributed by atoms with Gasteiger partial charge in [0.2, 0.25) is 0 Å². The summed E-state index contributed by atoms with van der Waals surface area (Å²) in [5, 5.41) is 18.4. The van der Waals surface area contributed by atoms with Crippen molar-refractivity contribution >= 4 is 5.69 Å². The van der Waals surface area contributed by atoms with Gasteiger partial charge >= 0.3 is 6.18 Å². The summed E-state index contributed by atoms with van der Waals surface area (Å²) in [7, 11) is 0. The molecule has 19 heavy (non-hydrogen) atoms. The smallest absolute Gasteiger partial charge is 0.395 e. The molecule has 1 aromatic rings. The SMILES string of the molecule is CCC(O)c1ccc(N(CCO)CC(F)(F)F)cc1. The normalized spacial score (nSPS) is 13.4. The molecule has 0 saturated heterocycles. The van der Waals surface area contributed by atoms with Crippen molar-refractivity contribution in [3.05, 3.63) is 29.8 Å². The van der Waals surface area contributed by atoms with Crippen molar-refractivity contribution < 1.29 is 23.4 Å². The Morgan fingerprint density at radius 1 is 1.21 bits per heavy atom. The molecule has 0 aliphatic heterocycles. The van der Waals surface area contributed by atoms with Gasteiger partial charge in [-0.05, 0) is 24.1 Å². The fourth-order valence-corrected chi connectivity index (χ4v) is 1.78. The Labute approximate surface area is 110 Å². The summed E-state index contributed by atoms with van der Waals surface area (Å²) in [6.45, 7) is 0.272. The van der Waals surface area contributed by atoms with Crippen LogP contribution < -0.4 is 4.90 Å². The summed E-state index contributed by atoms with van der Waals surface area (Å²) < 4.78 is 37.2. The molecule has 1 unspecified atom stereocenters. The zero-order valence-electron chi connectivity index (χ0n) is 10.7. The number of rotatable bonds is 6. The van der Waals surface area contributed by atoms with Crippen molar-refractivity contribution in [2.45, 2.75) is 25.6 Å². The van der Waals surface area contributed by atoms with E-state index in [0.29, 0.717) is 17.7 Å². The van der Waals surface area contributed by atoms with E-state index in [-0.39, 0.29) is 13.2 Å². The van der Waals surface area contributed by atoms with Crippen molar-refractivity contribution in [2.24, 2.45) is 0 Å². The lowest BCUT2D eigenvalue weighted by atomic mass is 10.1. The van der Waals surface area contributed by atoms with Gasteiger partial charge in [0.1, 0.15) is 6.54 Å². The number of alkyl halides is 3. The van der Waals surface area contributed by atoms with Gasteiger partial charge in [-0.1, -0.05) is 19.1 Å². The number of nitrogens with zero attached hydrogens (tertiary/aromatic N) is 1. The zero-order valence-corrected chi connectivity index (χ0v) is 10.7. The molecule has 2 N–H and O–H groups in total. The minimum atomic E-state index is -4.32. The second kappa shape index (κ2) is 6.77. The Bertz CT molecular complexity index is 378. The Morgan fingerprint density at radius 3 is 2.21 bits per heavy atom. The van der Waals surface area contributed by atoms with E-state index in [4.69, 9.17) is 5.11 Å². The summed E-state index contributed by atoms with van der Waals surface area (Å²) in [5.74, 6) is 0. The fraction of sp³-hybridized carbons (Fsp3) is 0.538. The van der Waals surface area contributed by atoms with Crippen molar-refractivity contribution in [1.82, 2.24) is 0 Å². The van der Waals surface area contributed by atoms with Gasteiger partial charge in [-0.15, -0.1) is 0 Å². The number of aliphatic hydroxyl groups is 2. The molecule has 0 aliphatic rings. The van der Waals surface area contributed by atoms with Gasteiger partial charge in [-0.25, -0.2) is 0 Å². The monoisotopic (exact) mass is 277 g/mol. The highest BCUT2D eigenvalue weighted by Crippen LogP contribution is 2.24. The molecule has 1 atom stereocenters. The van der Waals surface area contributed by atoms with E-state index in [1.54, 1.807) is 12.1 Å². The third-order valence-corrected chi connectivity index (χ3v) is 2.77. The quantitative estimate of drug-likeness (QED) is 0.839. The first-order chi connectivity index (χ1) is 8.87. The van der Waals surface area contributed by atoms with E-state index in [9.17, 15) is 18.3 Å². The van der Waals surface area contributed by atoms with E-state index < -0.39 is 18.8 Å². The van der Waals surface area contributed by atoms with Crippen LogP contribution in [0.3, 0.4) is 0 Å².